The maximum atomic E-state index is 13.5. The third kappa shape index (κ3) is 8.41. The van der Waals surface area contributed by atoms with Crippen molar-refractivity contribution in [1.82, 2.24) is 29.8 Å². The Labute approximate surface area is 317 Å². The maximum absolute atomic E-state index is 13.5. The summed E-state index contributed by atoms with van der Waals surface area (Å²) >= 11 is 0. The summed E-state index contributed by atoms with van der Waals surface area (Å²) in [5, 5.41) is 3.41. The Balaban J connectivity index is 0.000000167. The summed E-state index contributed by atoms with van der Waals surface area (Å²) in [6.07, 6.45) is 5.48. The highest BCUT2D eigenvalue weighted by molar-refractivity contribution is 5.76. The largest absolute Gasteiger partial charge is 0.466 e. The van der Waals surface area contributed by atoms with E-state index in [-0.39, 0.29) is 66.3 Å². The molecule has 0 aromatic heterocycles. The second-order valence-corrected chi connectivity index (χ2v) is 17.8. The normalized spacial score (nSPS) is 37.0. The van der Waals surface area contributed by atoms with Gasteiger partial charge in [-0.05, 0) is 129 Å². The van der Waals surface area contributed by atoms with E-state index in [1.165, 1.54) is 0 Å². The van der Waals surface area contributed by atoms with Crippen LogP contribution in [-0.2, 0) is 14.3 Å². The summed E-state index contributed by atoms with van der Waals surface area (Å²) in [5.74, 6) is -2.60. The molecule has 2 aliphatic carbocycles. The van der Waals surface area contributed by atoms with Gasteiger partial charge in [0.2, 0.25) is 0 Å². The van der Waals surface area contributed by atoms with Gasteiger partial charge in [-0.2, -0.15) is 13.2 Å². The van der Waals surface area contributed by atoms with Crippen molar-refractivity contribution in [2.24, 2.45) is 16.7 Å². The second-order valence-electron chi connectivity index (χ2n) is 17.8. The lowest BCUT2D eigenvalue weighted by Crippen LogP contribution is -2.64. The standard InChI is InChI=1S/C20H32F3N3O2.C19H31F2N3O2/c1-2-28-18(27)25-11-7-19(14-25)12-16(13-19)24-9-5-15(6-10-24)26-8-3-4-17(26)20(21,22)23;1-2-26-17(25)16-15(11-18(16)5-7-22-12-18)23-8-3-14(4-9-23)24-10-6-19(20,21)13-24/h15-17H,2-14H2,1H3;14-16,22H,2-13H2,1H3/t16?,17-,19?;/m0./s1. The zero-order valence-corrected chi connectivity index (χ0v) is 32.4. The number of nitrogens with zero attached hydrogens (tertiary/aromatic N) is 5. The van der Waals surface area contributed by atoms with Gasteiger partial charge in [-0.25, -0.2) is 13.6 Å². The van der Waals surface area contributed by atoms with Crippen LogP contribution in [-0.4, -0.2) is 164 Å². The lowest BCUT2D eigenvalue weighted by atomic mass is 9.55. The molecule has 3 unspecified atom stereocenters. The average molecular weight is 775 g/mol. The summed E-state index contributed by atoms with van der Waals surface area (Å²) in [5.41, 5.74) is 0.315. The molecular formula is C39H63F5N6O4. The molecule has 10 nitrogen and oxygen atoms in total. The highest BCUT2D eigenvalue weighted by Gasteiger charge is 2.61. The Kier molecular flexibility index (Phi) is 12.1. The van der Waals surface area contributed by atoms with E-state index in [1.54, 1.807) is 4.90 Å². The third-order valence-electron chi connectivity index (χ3n) is 14.6. The maximum Gasteiger partial charge on any atom is 0.409 e. The van der Waals surface area contributed by atoms with Gasteiger partial charge in [0, 0.05) is 62.2 Å². The molecule has 2 spiro atoms. The number of carbonyl (C=O) groups excluding carboxylic acids is 2. The molecule has 8 rings (SSSR count). The van der Waals surface area contributed by atoms with Crippen molar-refractivity contribution in [1.29, 1.82) is 0 Å². The molecule has 54 heavy (non-hydrogen) atoms. The molecule has 0 bridgehead atoms. The van der Waals surface area contributed by atoms with Crippen LogP contribution < -0.4 is 5.32 Å². The Hall–Kier alpha value is -1.81. The number of likely N-dealkylation sites (tertiary alicyclic amines) is 5. The smallest absolute Gasteiger partial charge is 0.409 e. The van der Waals surface area contributed by atoms with Gasteiger partial charge < -0.3 is 24.6 Å². The molecule has 6 aliphatic heterocycles. The number of halogens is 5. The molecule has 6 heterocycles. The first-order chi connectivity index (χ1) is 25.8. The molecular weight excluding hydrogens is 711 g/mol. The highest BCUT2D eigenvalue weighted by Crippen LogP contribution is 2.54. The van der Waals surface area contributed by atoms with Crippen LogP contribution in [0.3, 0.4) is 0 Å². The first-order valence-corrected chi connectivity index (χ1v) is 21.0. The van der Waals surface area contributed by atoms with E-state index >= 15 is 0 Å². The van der Waals surface area contributed by atoms with Gasteiger partial charge in [-0.3, -0.25) is 19.5 Å². The second kappa shape index (κ2) is 16.2. The molecule has 1 N–H and O–H groups in total. The molecule has 0 aromatic rings. The predicted octanol–water partition coefficient (Wildman–Crippen LogP) is 5.21. The Bertz CT molecular complexity index is 1300. The van der Waals surface area contributed by atoms with Crippen LogP contribution in [0.15, 0.2) is 0 Å². The summed E-state index contributed by atoms with van der Waals surface area (Å²) < 4.78 is 77.2. The van der Waals surface area contributed by atoms with Crippen LogP contribution in [0, 0.1) is 16.7 Å². The number of piperidine rings is 2. The highest BCUT2D eigenvalue weighted by atomic mass is 19.4. The number of amides is 1. The Morgan fingerprint density at radius 1 is 0.741 bits per heavy atom. The molecule has 15 heteroatoms. The number of nitrogens with one attached hydrogen (secondary N) is 1. The molecule has 8 fully saturated rings. The van der Waals surface area contributed by atoms with Crippen LogP contribution in [0.1, 0.15) is 90.9 Å². The molecule has 4 atom stereocenters. The first kappa shape index (κ1) is 40.4. The van der Waals surface area contributed by atoms with Crippen molar-refractivity contribution in [3.63, 3.8) is 0 Å². The Morgan fingerprint density at radius 2 is 1.43 bits per heavy atom. The van der Waals surface area contributed by atoms with E-state index in [2.05, 4.69) is 15.1 Å². The SMILES string of the molecule is CCOC(=O)C1C(N2CCC(N3CCC(F)(F)C3)CC2)CC12CCNC2.CCOC(=O)N1CCC2(CC(N3CCC(N4CCC[C@H]4C(F)(F)F)CC3)C2)C1. The van der Waals surface area contributed by atoms with E-state index in [0.717, 1.165) is 110 Å². The minimum absolute atomic E-state index is 0.00368. The van der Waals surface area contributed by atoms with Crippen LogP contribution in [0.2, 0.25) is 0 Å². The minimum atomic E-state index is -4.10. The van der Waals surface area contributed by atoms with Crippen molar-refractivity contribution in [2.45, 2.75) is 133 Å². The van der Waals surface area contributed by atoms with Gasteiger partial charge in [-0.1, -0.05) is 0 Å². The zero-order valence-electron chi connectivity index (χ0n) is 32.4. The monoisotopic (exact) mass is 774 g/mol. The van der Waals surface area contributed by atoms with Crippen molar-refractivity contribution < 1.29 is 41.0 Å². The lowest BCUT2D eigenvalue weighted by molar-refractivity contribution is -0.183. The third-order valence-corrected chi connectivity index (χ3v) is 14.6. The van der Waals surface area contributed by atoms with Crippen molar-refractivity contribution in [3.8, 4) is 0 Å². The van der Waals surface area contributed by atoms with Gasteiger partial charge in [0.1, 0.15) is 6.04 Å². The van der Waals surface area contributed by atoms with Gasteiger partial charge >= 0.3 is 18.2 Å². The molecule has 8 aliphatic rings. The summed E-state index contributed by atoms with van der Waals surface area (Å²) in [6.45, 7) is 12.6. The number of rotatable bonds is 7. The fourth-order valence-electron chi connectivity index (χ4n) is 11.7. The molecule has 0 aromatic carbocycles. The molecule has 2 saturated carbocycles. The first-order valence-electron chi connectivity index (χ1n) is 21.0. The van der Waals surface area contributed by atoms with Gasteiger partial charge in [0.05, 0.1) is 25.7 Å². The number of alkyl halides is 5. The van der Waals surface area contributed by atoms with Crippen molar-refractivity contribution in [3.05, 3.63) is 0 Å². The van der Waals surface area contributed by atoms with Crippen molar-refractivity contribution in [2.75, 3.05) is 85.2 Å². The summed E-state index contributed by atoms with van der Waals surface area (Å²) in [4.78, 5) is 35.0. The molecule has 6 saturated heterocycles. The van der Waals surface area contributed by atoms with Crippen LogP contribution in [0.25, 0.3) is 0 Å². The fourth-order valence-corrected chi connectivity index (χ4v) is 11.7. The van der Waals surface area contributed by atoms with Gasteiger partial charge in [-0.15, -0.1) is 0 Å². The van der Waals surface area contributed by atoms with Crippen LogP contribution in [0.4, 0.5) is 26.7 Å². The average Bonchev–Trinajstić information content (AvgIpc) is 3.94. The summed E-state index contributed by atoms with van der Waals surface area (Å²) in [7, 11) is 0. The number of hydrogen-bond donors (Lipinski definition) is 1. The van der Waals surface area contributed by atoms with E-state index in [9.17, 15) is 31.5 Å². The van der Waals surface area contributed by atoms with Crippen LogP contribution >= 0.6 is 0 Å². The number of ether oxygens (including phenoxy) is 2. The van der Waals surface area contributed by atoms with Gasteiger partial charge in [0.25, 0.3) is 5.92 Å². The van der Waals surface area contributed by atoms with Gasteiger partial charge in [0.15, 0.2) is 0 Å². The zero-order chi connectivity index (χ0) is 38.3. The minimum Gasteiger partial charge on any atom is -0.466 e. The summed E-state index contributed by atoms with van der Waals surface area (Å²) in [6, 6.07) is -0.105. The van der Waals surface area contributed by atoms with E-state index in [1.807, 2.05) is 23.6 Å². The number of esters is 1. The van der Waals surface area contributed by atoms with E-state index in [4.69, 9.17) is 9.47 Å². The topological polar surface area (TPSA) is 80.8 Å². The number of carbonyl (C=O) groups is 2. The molecule has 0 radical (unpaired) electrons. The molecule has 1 amide bonds. The van der Waals surface area contributed by atoms with E-state index < -0.39 is 18.1 Å². The van der Waals surface area contributed by atoms with Crippen LogP contribution in [0.5, 0.6) is 0 Å². The Morgan fingerprint density at radius 3 is 2.04 bits per heavy atom. The predicted molar refractivity (Wildman–Crippen MR) is 193 cm³/mol. The van der Waals surface area contributed by atoms with E-state index in [0.29, 0.717) is 38.8 Å². The quantitative estimate of drug-likeness (QED) is 0.277. The lowest BCUT2D eigenvalue weighted by Gasteiger charge is -2.56. The molecule has 308 valence electrons. The number of hydrogen-bond acceptors (Lipinski definition) is 9. The van der Waals surface area contributed by atoms with Crippen molar-refractivity contribution >= 4 is 12.1 Å². The fraction of sp³-hybridized carbons (Fsp3) is 0.949.